The molecule has 0 saturated heterocycles. The molecule has 0 aliphatic heterocycles. The average molecular weight is 338 g/mol. The Morgan fingerprint density at radius 3 is 2.25 bits per heavy atom. The van der Waals surface area contributed by atoms with Crippen molar-refractivity contribution < 1.29 is 21.6 Å². The zero-order chi connectivity index (χ0) is 12.8. The Kier molecular flexibility index (Phi) is 7.03. The van der Waals surface area contributed by atoms with E-state index in [1.54, 1.807) is 0 Å². The highest BCUT2D eigenvalue weighted by Gasteiger charge is 2.22. The first-order valence-electron chi connectivity index (χ1n) is 4.43. The number of halogens is 1. The monoisotopic (exact) mass is 337 g/mol. The number of hydrogen-bond acceptors (Lipinski definition) is 5. The molecule has 6 nitrogen and oxygen atoms in total. The van der Waals surface area contributed by atoms with Crippen LogP contribution in [0.3, 0.4) is 0 Å². The van der Waals surface area contributed by atoms with Gasteiger partial charge in [-0.25, -0.2) is 21.6 Å². The van der Waals surface area contributed by atoms with Crippen LogP contribution in [0.25, 0.3) is 0 Å². The summed E-state index contributed by atoms with van der Waals surface area (Å²) in [5.74, 6) is 0. The van der Waals surface area contributed by atoms with Crippen LogP contribution in [-0.2, 0) is 24.6 Å². The first-order chi connectivity index (χ1) is 7.20. The van der Waals surface area contributed by atoms with Gasteiger partial charge in [0.05, 0.1) is 6.61 Å². The van der Waals surface area contributed by atoms with Crippen LogP contribution in [0.15, 0.2) is 0 Å². The first-order valence-corrected chi connectivity index (χ1v) is 9.26. The zero-order valence-corrected chi connectivity index (χ0v) is 12.4. The van der Waals surface area contributed by atoms with E-state index in [4.69, 9.17) is 4.74 Å². The van der Waals surface area contributed by atoms with E-state index >= 15 is 0 Å². The Morgan fingerprint density at radius 1 is 1.31 bits per heavy atom. The summed E-state index contributed by atoms with van der Waals surface area (Å²) < 4.78 is 51.8. The van der Waals surface area contributed by atoms with Crippen molar-refractivity contribution in [2.75, 3.05) is 30.4 Å². The lowest BCUT2D eigenvalue weighted by Gasteiger charge is -2.16. The second-order valence-electron chi connectivity index (χ2n) is 3.41. The molecule has 0 aromatic carbocycles. The fraction of sp³-hybridized carbons (Fsp3) is 1.00. The minimum Gasteiger partial charge on any atom is -0.383 e. The van der Waals surface area contributed by atoms with Crippen molar-refractivity contribution in [3.05, 3.63) is 0 Å². The molecule has 0 spiro atoms. The third-order valence-electron chi connectivity index (χ3n) is 1.54. The molecule has 0 rings (SSSR count). The highest BCUT2D eigenvalue weighted by atomic mass is 79.9. The van der Waals surface area contributed by atoms with E-state index in [1.807, 2.05) is 0 Å². The molecule has 16 heavy (non-hydrogen) atoms. The fourth-order valence-corrected chi connectivity index (χ4v) is 4.85. The topological polar surface area (TPSA) is 89.5 Å². The van der Waals surface area contributed by atoms with Gasteiger partial charge in [-0.05, 0) is 6.42 Å². The van der Waals surface area contributed by atoms with Gasteiger partial charge in [-0.3, -0.25) is 0 Å². The summed E-state index contributed by atoms with van der Waals surface area (Å²) in [7, 11) is -5.93. The Bertz CT molecular complexity index is 385. The van der Waals surface area contributed by atoms with Crippen molar-refractivity contribution in [1.29, 1.82) is 0 Å². The SMILES string of the molecule is COCC(CCBr)NS(=O)(=O)CS(C)(=O)=O. The highest BCUT2D eigenvalue weighted by molar-refractivity contribution is 9.09. The van der Waals surface area contributed by atoms with E-state index in [1.165, 1.54) is 7.11 Å². The third kappa shape index (κ3) is 8.45. The van der Waals surface area contributed by atoms with Gasteiger partial charge in [0.1, 0.15) is 0 Å². The van der Waals surface area contributed by atoms with Crippen LogP contribution >= 0.6 is 15.9 Å². The van der Waals surface area contributed by atoms with Crippen LogP contribution in [0, 0.1) is 0 Å². The molecule has 1 N–H and O–H groups in total. The number of hydrogen-bond donors (Lipinski definition) is 1. The minimum atomic E-state index is -3.82. The van der Waals surface area contributed by atoms with Crippen LogP contribution in [0.1, 0.15) is 6.42 Å². The van der Waals surface area contributed by atoms with E-state index < -0.39 is 31.0 Å². The smallest absolute Gasteiger partial charge is 0.226 e. The standard InChI is InChI=1S/C7H16BrNO5S2/c1-14-5-7(3-4-8)9-16(12,13)6-15(2,10)11/h7,9H,3-6H2,1-2H3. The molecular formula is C7H16BrNO5S2. The summed E-state index contributed by atoms with van der Waals surface area (Å²) in [6.07, 6.45) is 1.40. The summed E-state index contributed by atoms with van der Waals surface area (Å²) in [6, 6.07) is -0.420. The van der Waals surface area contributed by atoms with Gasteiger partial charge in [0.25, 0.3) is 0 Å². The van der Waals surface area contributed by atoms with Gasteiger partial charge in [0, 0.05) is 24.7 Å². The summed E-state index contributed by atoms with van der Waals surface area (Å²) in [6.45, 7) is 0.203. The quantitative estimate of drug-likeness (QED) is 0.614. The molecule has 0 amide bonds. The number of sulfone groups is 1. The van der Waals surface area contributed by atoms with E-state index in [0.29, 0.717) is 11.8 Å². The molecular weight excluding hydrogens is 322 g/mol. The van der Waals surface area contributed by atoms with E-state index in [9.17, 15) is 16.8 Å². The predicted molar refractivity (Wildman–Crippen MR) is 65.8 cm³/mol. The molecule has 0 saturated carbocycles. The number of nitrogens with one attached hydrogen (secondary N) is 1. The van der Waals surface area contributed by atoms with Crippen molar-refractivity contribution in [1.82, 2.24) is 4.72 Å². The molecule has 0 aliphatic carbocycles. The molecule has 0 heterocycles. The second-order valence-corrected chi connectivity index (χ2v) is 8.46. The van der Waals surface area contributed by atoms with Crippen molar-refractivity contribution in [2.24, 2.45) is 0 Å². The van der Waals surface area contributed by atoms with Gasteiger partial charge in [-0.1, -0.05) is 15.9 Å². The minimum absolute atomic E-state index is 0.203. The predicted octanol–water partition coefficient (Wildman–Crippen LogP) is -0.292. The molecule has 98 valence electrons. The van der Waals surface area contributed by atoms with Crippen LogP contribution in [0.2, 0.25) is 0 Å². The lowest BCUT2D eigenvalue weighted by molar-refractivity contribution is 0.173. The highest BCUT2D eigenvalue weighted by Crippen LogP contribution is 2.01. The average Bonchev–Trinajstić information content (AvgIpc) is 1.98. The lowest BCUT2D eigenvalue weighted by Crippen LogP contribution is -2.40. The second kappa shape index (κ2) is 6.90. The van der Waals surface area contributed by atoms with Crippen molar-refractivity contribution in [2.45, 2.75) is 12.5 Å². The number of rotatable bonds is 8. The molecule has 0 aromatic heterocycles. The van der Waals surface area contributed by atoms with Gasteiger partial charge < -0.3 is 4.74 Å². The van der Waals surface area contributed by atoms with E-state index in [0.717, 1.165) is 6.26 Å². The lowest BCUT2D eigenvalue weighted by atomic mass is 10.3. The summed E-state index contributed by atoms with van der Waals surface area (Å²) >= 11 is 3.18. The van der Waals surface area contributed by atoms with Crippen LogP contribution < -0.4 is 4.72 Å². The van der Waals surface area contributed by atoms with Gasteiger partial charge in [-0.15, -0.1) is 0 Å². The largest absolute Gasteiger partial charge is 0.383 e. The fourth-order valence-electron chi connectivity index (χ4n) is 1.08. The third-order valence-corrected chi connectivity index (χ3v) is 5.64. The number of methoxy groups -OCH3 is 1. The maximum atomic E-state index is 11.4. The van der Waals surface area contributed by atoms with Crippen LogP contribution in [0.4, 0.5) is 0 Å². The molecule has 0 bridgehead atoms. The van der Waals surface area contributed by atoms with Gasteiger partial charge >= 0.3 is 0 Å². The summed E-state index contributed by atoms with van der Waals surface area (Å²) in [5, 5.41) is -0.301. The molecule has 0 aliphatic rings. The van der Waals surface area contributed by atoms with Gasteiger partial charge in [0.2, 0.25) is 10.0 Å². The number of alkyl halides is 1. The van der Waals surface area contributed by atoms with Crippen molar-refractivity contribution >= 4 is 35.8 Å². The zero-order valence-electron chi connectivity index (χ0n) is 9.14. The molecule has 0 fully saturated rings. The van der Waals surface area contributed by atoms with Gasteiger partial charge in [0.15, 0.2) is 14.9 Å². The number of sulfonamides is 1. The Balaban J connectivity index is 4.53. The normalized spacial score (nSPS) is 14.9. The van der Waals surface area contributed by atoms with Gasteiger partial charge in [-0.2, -0.15) is 0 Å². The maximum absolute atomic E-state index is 11.4. The van der Waals surface area contributed by atoms with E-state index in [-0.39, 0.29) is 6.61 Å². The maximum Gasteiger partial charge on any atom is 0.226 e. The molecule has 0 aromatic rings. The van der Waals surface area contributed by atoms with Crippen molar-refractivity contribution in [3.8, 4) is 0 Å². The first kappa shape index (κ1) is 16.3. The Hall–Kier alpha value is 0.300. The molecule has 1 unspecified atom stereocenters. The Morgan fingerprint density at radius 2 is 1.88 bits per heavy atom. The van der Waals surface area contributed by atoms with Crippen molar-refractivity contribution in [3.63, 3.8) is 0 Å². The van der Waals surface area contributed by atoms with Crippen LogP contribution in [0.5, 0.6) is 0 Å². The number of ether oxygens (including phenoxy) is 1. The van der Waals surface area contributed by atoms with E-state index in [2.05, 4.69) is 20.7 Å². The Labute approximate surface area is 105 Å². The molecule has 1 atom stereocenters. The summed E-state index contributed by atoms with van der Waals surface area (Å²) in [4.78, 5) is 0. The van der Waals surface area contributed by atoms with Crippen LogP contribution in [-0.4, -0.2) is 53.3 Å². The molecule has 0 radical (unpaired) electrons. The summed E-state index contributed by atoms with van der Waals surface area (Å²) in [5.41, 5.74) is 0. The molecule has 9 heteroatoms.